The molecular formula is C23H23NO4. The number of fused-ring (bicyclic) bond motifs is 2. The van der Waals surface area contributed by atoms with Gasteiger partial charge in [0, 0.05) is 23.9 Å². The maximum atomic E-state index is 12.1. The molecule has 0 aliphatic carbocycles. The van der Waals surface area contributed by atoms with E-state index in [1.165, 1.54) is 18.2 Å². The van der Waals surface area contributed by atoms with Crippen molar-refractivity contribution in [3.8, 4) is 5.75 Å². The lowest BCUT2D eigenvalue weighted by Crippen LogP contribution is -2.58. The summed E-state index contributed by atoms with van der Waals surface area (Å²) < 4.78 is 11.1. The summed E-state index contributed by atoms with van der Waals surface area (Å²) in [5, 5.41) is 0. The van der Waals surface area contributed by atoms with E-state index in [0.717, 1.165) is 11.3 Å². The summed E-state index contributed by atoms with van der Waals surface area (Å²) in [6.45, 7) is 6.45. The number of benzene rings is 2. The zero-order valence-corrected chi connectivity index (χ0v) is 16.7. The molecule has 1 unspecified atom stereocenters. The molecule has 4 rings (SSSR count). The monoisotopic (exact) mass is 377 g/mol. The van der Waals surface area contributed by atoms with Crippen LogP contribution in [0.2, 0.25) is 0 Å². The summed E-state index contributed by atoms with van der Waals surface area (Å²) in [6, 6.07) is 11.5. The number of anilines is 1. The van der Waals surface area contributed by atoms with Crippen LogP contribution in [-0.2, 0) is 14.9 Å². The molecule has 0 saturated heterocycles. The van der Waals surface area contributed by atoms with E-state index in [4.69, 9.17) is 4.74 Å². The molecule has 0 bridgehead atoms. The van der Waals surface area contributed by atoms with E-state index < -0.39 is 17.5 Å². The van der Waals surface area contributed by atoms with Crippen molar-refractivity contribution in [1.82, 2.24) is 0 Å². The van der Waals surface area contributed by atoms with Crippen molar-refractivity contribution in [3.05, 3.63) is 64.7 Å². The molecule has 1 spiro atoms. The first-order chi connectivity index (χ1) is 13.2. The summed E-state index contributed by atoms with van der Waals surface area (Å²) in [7, 11) is 3.23. The molecule has 2 aliphatic rings. The van der Waals surface area contributed by atoms with E-state index in [9.17, 15) is 9.59 Å². The van der Waals surface area contributed by atoms with Crippen LogP contribution in [-0.4, -0.2) is 31.6 Å². The Kier molecular flexibility index (Phi) is 3.89. The molecule has 2 aromatic carbocycles. The molecule has 2 aromatic rings. The van der Waals surface area contributed by atoms with Crippen LogP contribution in [0.4, 0.5) is 5.69 Å². The third-order valence-corrected chi connectivity index (χ3v) is 5.98. The number of hydrogen-bond donors (Lipinski definition) is 0. The Labute approximate surface area is 164 Å². The highest BCUT2D eigenvalue weighted by atomic mass is 16.5. The number of carbonyl (C=O) groups excluding carboxylic acids is 2. The van der Waals surface area contributed by atoms with E-state index in [1.807, 2.05) is 19.2 Å². The Hall–Kier alpha value is -3.08. The largest absolute Gasteiger partial charge is 0.463 e. The molecule has 0 amide bonds. The Balaban J connectivity index is 1.77. The molecule has 5 heteroatoms. The number of Topliss-reactive ketones (excluding diaryl/α,β-unsaturated/α-hetero) is 1. The summed E-state index contributed by atoms with van der Waals surface area (Å²) >= 11 is 0. The van der Waals surface area contributed by atoms with Crippen LogP contribution in [0, 0.1) is 6.92 Å². The summed E-state index contributed by atoms with van der Waals surface area (Å²) in [5.41, 5.74) is 3.66. The fourth-order valence-electron chi connectivity index (χ4n) is 4.28. The van der Waals surface area contributed by atoms with E-state index >= 15 is 0 Å². The molecule has 28 heavy (non-hydrogen) atoms. The first-order valence-corrected chi connectivity index (χ1v) is 9.21. The van der Waals surface area contributed by atoms with Gasteiger partial charge in [-0.3, -0.25) is 4.79 Å². The minimum atomic E-state index is -0.875. The Morgan fingerprint density at radius 1 is 1.11 bits per heavy atom. The highest BCUT2D eigenvalue weighted by molar-refractivity contribution is 6.40. The van der Waals surface area contributed by atoms with Crippen molar-refractivity contribution in [2.45, 2.75) is 31.9 Å². The highest BCUT2D eigenvalue weighted by Crippen LogP contribution is 2.54. The number of carbonyl (C=O) groups is 2. The molecule has 0 saturated carbocycles. The van der Waals surface area contributed by atoms with Crippen LogP contribution in [0.1, 0.15) is 40.9 Å². The number of nitrogens with zero attached hydrogens (tertiary/aromatic N) is 1. The number of esters is 1. The van der Waals surface area contributed by atoms with Gasteiger partial charge in [-0.25, -0.2) is 4.79 Å². The fourth-order valence-corrected chi connectivity index (χ4v) is 4.28. The lowest BCUT2D eigenvalue weighted by atomic mass is 9.76. The van der Waals surface area contributed by atoms with Crippen molar-refractivity contribution in [3.63, 3.8) is 0 Å². The van der Waals surface area contributed by atoms with Gasteiger partial charge in [0.2, 0.25) is 5.72 Å². The molecule has 0 fully saturated rings. The molecule has 0 N–H and O–H groups in total. The standard InChI is InChI=1S/C23H23NO4/c1-14-6-8-18-17(12-14)22(2,3)23(24(18)4)11-10-15-13-16(7-9-19(15)28-23)20(25)21(26)27-5/h6-13H,1-5H3. The van der Waals surface area contributed by atoms with Crippen molar-refractivity contribution in [1.29, 1.82) is 0 Å². The number of ketones is 1. The maximum absolute atomic E-state index is 12.1. The average molecular weight is 377 g/mol. The van der Waals surface area contributed by atoms with Gasteiger partial charge in [0.05, 0.1) is 12.5 Å². The second-order valence-electron chi connectivity index (χ2n) is 7.91. The minimum Gasteiger partial charge on any atom is -0.463 e. The van der Waals surface area contributed by atoms with Crippen molar-refractivity contribution < 1.29 is 19.1 Å². The molecule has 2 aliphatic heterocycles. The first kappa shape index (κ1) is 18.3. The van der Waals surface area contributed by atoms with Crippen LogP contribution in [0.5, 0.6) is 5.75 Å². The Morgan fingerprint density at radius 3 is 2.57 bits per heavy atom. The third-order valence-electron chi connectivity index (χ3n) is 5.98. The second kappa shape index (κ2) is 5.96. The van der Waals surface area contributed by atoms with Gasteiger partial charge in [-0.2, -0.15) is 0 Å². The predicted octanol–water partition coefficient (Wildman–Crippen LogP) is 3.88. The van der Waals surface area contributed by atoms with Gasteiger partial charge in [0.15, 0.2) is 0 Å². The Morgan fingerprint density at radius 2 is 1.86 bits per heavy atom. The first-order valence-electron chi connectivity index (χ1n) is 9.21. The predicted molar refractivity (Wildman–Crippen MR) is 108 cm³/mol. The van der Waals surface area contributed by atoms with Crippen LogP contribution >= 0.6 is 0 Å². The zero-order valence-electron chi connectivity index (χ0n) is 16.7. The summed E-state index contributed by atoms with van der Waals surface area (Å²) in [5.74, 6) is -0.867. The molecule has 0 aromatic heterocycles. The van der Waals surface area contributed by atoms with Gasteiger partial charge in [-0.1, -0.05) is 17.7 Å². The molecule has 1 atom stereocenters. The fraction of sp³-hybridized carbons (Fsp3) is 0.304. The maximum Gasteiger partial charge on any atom is 0.379 e. The SMILES string of the molecule is COC(=O)C(=O)c1ccc2c(c1)C=CC1(O2)N(C)c2ccc(C)cc2C1(C)C. The van der Waals surface area contributed by atoms with Crippen molar-refractivity contribution in [2.24, 2.45) is 0 Å². The smallest absolute Gasteiger partial charge is 0.379 e. The minimum absolute atomic E-state index is 0.285. The lowest BCUT2D eigenvalue weighted by molar-refractivity contribution is -0.135. The van der Waals surface area contributed by atoms with Crippen LogP contribution in [0.3, 0.4) is 0 Å². The van der Waals surface area contributed by atoms with Crippen LogP contribution in [0.15, 0.2) is 42.5 Å². The van der Waals surface area contributed by atoms with E-state index in [0.29, 0.717) is 5.75 Å². The highest BCUT2D eigenvalue weighted by Gasteiger charge is 2.57. The van der Waals surface area contributed by atoms with Crippen molar-refractivity contribution >= 4 is 23.5 Å². The third kappa shape index (κ3) is 2.32. The number of likely N-dealkylation sites (N-methyl/N-ethyl adjacent to an activating group) is 1. The van der Waals surface area contributed by atoms with Gasteiger partial charge in [-0.05, 0) is 62.8 Å². The van der Waals surface area contributed by atoms with Crippen LogP contribution in [0.25, 0.3) is 6.08 Å². The number of aryl methyl sites for hydroxylation is 1. The number of hydrogen-bond acceptors (Lipinski definition) is 5. The summed E-state index contributed by atoms with van der Waals surface area (Å²) in [4.78, 5) is 25.8. The molecular weight excluding hydrogens is 354 g/mol. The quantitative estimate of drug-likeness (QED) is 0.452. The van der Waals surface area contributed by atoms with E-state index in [1.54, 1.807) is 18.2 Å². The zero-order chi connectivity index (χ0) is 20.3. The second-order valence-corrected chi connectivity index (χ2v) is 7.91. The Bertz CT molecular complexity index is 1040. The van der Waals surface area contributed by atoms with Gasteiger partial charge in [0.25, 0.3) is 5.78 Å². The van der Waals surface area contributed by atoms with Gasteiger partial charge < -0.3 is 14.4 Å². The number of ether oxygens (including phenoxy) is 2. The average Bonchev–Trinajstić information content (AvgIpc) is 2.84. The molecule has 0 radical (unpaired) electrons. The van der Waals surface area contributed by atoms with Crippen LogP contribution < -0.4 is 9.64 Å². The van der Waals surface area contributed by atoms with E-state index in [2.05, 4.69) is 48.6 Å². The normalized spacial score (nSPS) is 21.1. The molecule has 5 nitrogen and oxygen atoms in total. The number of rotatable bonds is 2. The topological polar surface area (TPSA) is 55.8 Å². The van der Waals surface area contributed by atoms with Crippen molar-refractivity contribution in [2.75, 3.05) is 19.1 Å². The lowest BCUT2D eigenvalue weighted by Gasteiger charge is -2.45. The summed E-state index contributed by atoms with van der Waals surface area (Å²) in [6.07, 6.45) is 4.00. The van der Waals surface area contributed by atoms with Gasteiger partial charge in [-0.15, -0.1) is 0 Å². The number of methoxy groups -OCH3 is 1. The van der Waals surface area contributed by atoms with Gasteiger partial charge >= 0.3 is 5.97 Å². The molecule has 2 heterocycles. The van der Waals surface area contributed by atoms with E-state index in [-0.39, 0.29) is 11.0 Å². The molecule has 144 valence electrons. The van der Waals surface area contributed by atoms with Gasteiger partial charge in [0.1, 0.15) is 5.75 Å².